The van der Waals surface area contributed by atoms with Crippen LogP contribution in [0.5, 0.6) is 11.5 Å². The molecule has 0 saturated heterocycles. The van der Waals surface area contributed by atoms with Crippen molar-refractivity contribution in [3.8, 4) is 22.8 Å². The van der Waals surface area contributed by atoms with Gasteiger partial charge < -0.3 is 14.8 Å². The Morgan fingerprint density at radius 2 is 1.68 bits per heavy atom. The van der Waals surface area contributed by atoms with Gasteiger partial charge in [-0.05, 0) is 67.4 Å². The molecule has 1 aromatic heterocycles. The van der Waals surface area contributed by atoms with Crippen molar-refractivity contribution in [2.75, 3.05) is 19.4 Å². The fourth-order valence-corrected chi connectivity index (χ4v) is 4.24. The van der Waals surface area contributed by atoms with Crippen LogP contribution in [-0.2, 0) is 9.84 Å². The summed E-state index contributed by atoms with van der Waals surface area (Å²) < 4.78 is 36.3. The van der Waals surface area contributed by atoms with Crippen molar-refractivity contribution in [1.82, 2.24) is 14.9 Å². The molecule has 0 spiro atoms. The molecule has 0 radical (unpaired) electrons. The maximum absolute atomic E-state index is 12.4. The lowest BCUT2D eigenvalue weighted by Gasteiger charge is -2.15. The van der Waals surface area contributed by atoms with E-state index in [1.165, 1.54) is 17.2 Å². The highest BCUT2D eigenvalue weighted by Gasteiger charge is 2.12. The molecule has 37 heavy (non-hydrogen) atoms. The zero-order chi connectivity index (χ0) is 26.3. The Balaban J connectivity index is 1.27. The molecule has 3 aromatic carbocycles. The zero-order valence-electron chi connectivity index (χ0n) is 20.7. The molecule has 1 N–H and O–H groups in total. The van der Waals surface area contributed by atoms with E-state index in [1.807, 2.05) is 61.5 Å². The maximum Gasteiger partial charge on any atom is 0.326 e. The maximum atomic E-state index is 12.4. The zero-order valence-corrected chi connectivity index (χ0v) is 21.5. The Bertz CT molecular complexity index is 1420. The summed E-state index contributed by atoms with van der Waals surface area (Å²) in [5, 5.41) is 2.86. The van der Waals surface area contributed by atoms with Gasteiger partial charge in [0.15, 0.2) is 9.84 Å². The second-order valence-corrected chi connectivity index (χ2v) is 10.6. The molecule has 4 rings (SSSR count). The molecule has 1 atom stereocenters. The summed E-state index contributed by atoms with van der Waals surface area (Å²) in [6, 6.07) is 23.4. The van der Waals surface area contributed by atoms with Crippen molar-refractivity contribution < 1.29 is 22.7 Å². The van der Waals surface area contributed by atoms with E-state index in [0.717, 1.165) is 16.9 Å². The van der Waals surface area contributed by atoms with Crippen LogP contribution in [0.15, 0.2) is 96.3 Å². The molecule has 0 saturated carbocycles. The molecule has 1 unspecified atom stereocenters. The highest BCUT2D eigenvalue weighted by atomic mass is 32.2. The Morgan fingerprint density at radius 3 is 2.35 bits per heavy atom. The Kier molecular flexibility index (Phi) is 8.25. The minimum atomic E-state index is -3.23. The average Bonchev–Trinajstić information content (AvgIpc) is 3.39. The highest BCUT2D eigenvalue weighted by molar-refractivity contribution is 7.90. The number of aromatic nitrogens is 2. The van der Waals surface area contributed by atoms with Gasteiger partial charge in [0, 0.05) is 24.6 Å². The largest absolute Gasteiger partial charge is 0.494 e. The van der Waals surface area contributed by atoms with Gasteiger partial charge in [-0.15, -0.1) is 0 Å². The first-order valence-electron chi connectivity index (χ1n) is 11.9. The van der Waals surface area contributed by atoms with E-state index < -0.39 is 9.84 Å². The quantitative estimate of drug-likeness (QED) is 0.292. The summed E-state index contributed by atoms with van der Waals surface area (Å²) in [5.41, 5.74) is 2.38. The number of hydrogen-bond donors (Lipinski definition) is 1. The number of rotatable bonds is 10. The lowest BCUT2D eigenvalue weighted by atomic mass is 10.1. The summed E-state index contributed by atoms with van der Waals surface area (Å²) in [4.78, 5) is 17.0. The van der Waals surface area contributed by atoms with Gasteiger partial charge in [-0.3, -0.25) is 4.57 Å². The van der Waals surface area contributed by atoms with E-state index in [-0.39, 0.29) is 17.0 Å². The van der Waals surface area contributed by atoms with Crippen LogP contribution in [0.4, 0.5) is 4.79 Å². The molecular weight excluding hydrogens is 490 g/mol. The second-order valence-electron chi connectivity index (χ2n) is 8.54. The first-order valence-corrected chi connectivity index (χ1v) is 13.8. The van der Waals surface area contributed by atoms with Crippen LogP contribution in [0.2, 0.25) is 0 Å². The van der Waals surface area contributed by atoms with Crippen molar-refractivity contribution in [1.29, 1.82) is 0 Å². The van der Waals surface area contributed by atoms with Gasteiger partial charge in [0.25, 0.3) is 0 Å². The van der Waals surface area contributed by atoms with Crippen LogP contribution in [0.3, 0.4) is 0 Å². The molecule has 0 aliphatic heterocycles. The number of sulfone groups is 1. The number of para-hydroxylation sites is 1. The highest BCUT2D eigenvalue weighted by Crippen LogP contribution is 2.26. The fourth-order valence-electron chi connectivity index (χ4n) is 3.61. The van der Waals surface area contributed by atoms with Gasteiger partial charge >= 0.3 is 6.03 Å². The minimum absolute atomic E-state index is 0.255. The molecule has 4 aromatic rings. The number of nitrogens with zero attached hydrogens (tertiary/aromatic N) is 2. The fraction of sp³-hybridized carbons (Fsp3) is 0.214. The van der Waals surface area contributed by atoms with Crippen molar-refractivity contribution in [2.24, 2.45) is 0 Å². The Labute approximate surface area is 216 Å². The predicted octanol–water partition coefficient (Wildman–Crippen LogP) is 5.12. The third-order valence-corrected chi connectivity index (χ3v) is 6.80. The number of hydrogen-bond acceptors (Lipinski definition) is 6. The van der Waals surface area contributed by atoms with Crippen LogP contribution in [0.25, 0.3) is 11.3 Å². The molecule has 9 heteroatoms. The molecule has 1 amide bonds. The summed E-state index contributed by atoms with van der Waals surface area (Å²) in [6.45, 7) is 2.90. The number of carbonyl (C=O) groups excluding carboxylic acids is 1. The lowest BCUT2D eigenvalue weighted by Crippen LogP contribution is -2.29. The van der Waals surface area contributed by atoms with Gasteiger partial charge in [0.1, 0.15) is 23.9 Å². The third kappa shape index (κ3) is 7.20. The minimum Gasteiger partial charge on any atom is -0.494 e. The molecule has 1 heterocycles. The van der Waals surface area contributed by atoms with Gasteiger partial charge in [0.05, 0.1) is 17.2 Å². The molecule has 8 nitrogen and oxygen atoms in total. The first kappa shape index (κ1) is 26.0. The van der Waals surface area contributed by atoms with Crippen molar-refractivity contribution in [3.05, 3.63) is 97.0 Å². The van der Waals surface area contributed by atoms with E-state index in [1.54, 1.807) is 30.5 Å². The monoisotopic (exact) mass is 519 g/mol. The van der Waals surface area contributed by atoms with Crippen LogP contribution in [-0.4, -0.2) is 43.4 Å². The molecule has 192 valence electrons. The summed E-state index contributed by atoms with van der Waals surface area (Å²) in [6.07, 6.45) is 4.77. The van der Waals surface area contributed by atoms with E-state index in [9.17, 15) is 13.2 Å². The SMILES string of the molecule is CC(Oc1ccc(-c2cn(C(=O)NCCCOc3ccccc3)cn2)cc1)c1ccc(S(C)(=O)=O)cc1. The van der Waals surface area contributed by atoms with Crippen LogP contribution >= 0.6 is 0 Å². The van der Waals surface area contributed by atoms with Gasteiger partial charge in [0.2, 0.25) is 0 Å². The average molecular weight is 520 g/mol. The predicted molar refractivity (Wildman–Crippen MR) is 142 cm³/mol. The smallest absolute Gasteiger partial charge is 0.326 e. The number of ether oxygens (including phenoxy) is 2. The topological polar surface area (TPSA) is 99.5 Å². The van der Waals surface area contributed by atoms with Crippen molar-refractivity contribution >= 4 is 15.9 Å². The van der Waals surface area contributed by atoms with Crippen molar-refractivity contribution in [2.45, 2.75) is 24.3 Å². The molecule has 0 fully saturated rings. The standard InChI is InChI=1S/C28H29N3O5S/c1-21(22-11-15-26(16-12-22)37(2,33)34)36-25-13-9-23(10-14-25)27-19-31(20-30-27)28(32)29-17-6-18-35-24-7-4-3-5-8-24/h3-5,7-16,19-21H,6,17-18H2,1-2H3,(H,29,32). The molecular formula is C28H29N3O5S. The van der Waals surface area contributed by atoms with E-state index in [4.69, 9.17) is 9.47 Å². The third-order valence-electron chi connectivity index (χ3n) is 5.67. The summed E-state index contributed by atoms with van der Waals surface area (Å²) in [5.74, 6) is 1.47. The molecule has 0 aliphatic carbocycles. The summed E-state index contributed by atoms with van der Waals surface area (Å²) >= 11 is 0. The van der Waals surface area contributed by atoms with Gasteiger partial charge in [-0.2, -0.15) is 0 Å². The number of nitrogens with one attached hydrogen (secondary N) is 1. The van der Waals surface area contributed by atoms with E-state index >= 15 is 0 Å². The molecule has 0 bridgehead atoms. The summed E-state index contributed by atoms with van der Waals surface area (Å²) in [7, 11) is -3.23. The second kappa shape index (κ2) is 11.7. The first-order chi connectivity index (χ1) is 17.8. The van der Waals surface area contributed by atoms with Crippen LogP contribution < -0.4 is 14.8 Å². The van der Waals surface area contributed by atoms with Gasteiger partial charge in [-0.1, -0.05) is 30.3 Å². The van der Waals surface area contributed by atoms with Crippen LogP contribution in [0.1, 0.15) is 25.0 Å². The number of benzene rings is 3. The number of amides is 1. The normalized spacial score (nSPS) is 12.1. The Hall–Kier alpha value is -4.11. The Morgan fingerprint density at radius 1 is 0.973 bits per heavy atom. The molecule has 0 aliphatic rings. The van der Waals surface area contributed by atoms with Crippen molar-refractivity contribution in [3.63, 3.8) is 0 Å². The lowest BCUT2D eigenvalue weighted by molar-refractivity contribution is 0.227. The van der Waals surface area contributed by atoms with Gasteiger partial charge in [-0.25, -0.2) is 18.2 Å². The van der Waals surface area contributed by atoms with E-state index in [2.05, 4.69) is 10.3 Å². The van der Waals surface area contributed by atoms with Crippen LogP contribution in [0, 0.1) is 0 Å². The number of imidazole rings is 1. The van der Waals surface area contributed by atoms with E-state index in [0.29, 0.717) is 31.0 Å². The number of carbonyl (C=O) groups is 1.